The van der Waals surface area contributed by atoms with Gasteiger partial charge in [0.25, 0.3) is 0 Å². The smallest absolute Gasteiger partial charge is 0.410 e. The first kappa shape index (κ1) is 12.8. The highest BCUT2D eigenvalue weighted by Gasteiger charge is 2.27. The lowest BCUT2D eigenvalue weighted by Crippen LogP contribution is -2.53. The van der Waals surface area contributed by atoms with Crippen LogP contribution in [-0.4, -0.2) is 54.6 Å². The number of amides is 2. The lowest BCUT2D eigenvalue weighted by atomic mass is 10.2. The minimum Gasteiger partial charge on any atom is -0.450 e. The van der Waals surface area contributed by atoms with Crippen molar-refractivity contribution in [2.75, 3.05) is 32.8 Å². The second kappa shape index (κ2) is 5.72. The molecule has 0 aromatic carbocycles. The molecule has 16 heavy (non-hydrogen) atoms. The summed E-state index contributed by atoms with van der Waals surface area (Å²) in [5, 5.41) is 0. The summed E-state index contributed by atoms with van der Waals surface area (Å²) in [5.74, 6) is 0.464. The molecule has 0 spiro atoms. The van der Waals surface area contributed by atoms with Crippen molar-refractivity contribution in [2.45, 2.75) is 20.8 Å². The molecule has 0 bridgehead atoms. The molecule has 0 radical (unpaired) electrons. The molecule has 0 aromatic heterocycles. The third kappa shape index (κ3) is 3.40. The van der Waals surface area contributed by atoms with E-state index in [9.17, 15) is 9.59 Å². The molecule has 0 unspecified atom stereocenters. The van der Waals surface area contributed by atoms with E-state index in [4.69, 9.17) is 4.74 Å². The Morgan fingerprint density at radius 3 is 2.62 bits per heavy atom. The van der Waals surface area contributed by atoms with E-state index in [1.807, 2.05) is 0 Å². The number of nitrogens with zero attached hydrogens (tertiary/aromatic N) is 2. The van der Waals surface area contributed by atoms with E-state index in [2.05, 4.69) is 13.8 Å². The van der Waals surface area contributed by atoms with Crippen molar-refractivity contribution in [3.63, 3.8) is 0 Å². The van der Waals surface area contributed by atoms with Crippen molar-refractivity contribution >= 4 is 12.0 Å². The first-order valence-corrected chi connectivity index (χ1v) is 5.74. The van der Waals surface area contributed by atoms with Gasteiger partial charge in [0.1, 0.15) is 6.54 Å². The Hall–Kier alpha value is -1.26. The summed E-state index contributed by atoms with van der Waals surface area (Å²) in [6, 6.07) is 0. The van der Waals surface area contributed by atoms with E-state index in [1.54, 1.807) is 11.8 Å². The number of hydrogen-bond donors (Lipinski definition) is 0. The molecule has 1 heterocycles. The van der Waals surface area contributed by atoms with Gasteiger partial charge in [-0.25, -0.2) is 4.79 Å². The van der Waals surface area contributed by atoms with Crippen LogP contribution in [0.4, 0.5) is 4.79 Å². The monoisotopic (exact) mass is 228 g/mol. The van der Waals surface area contributed by atoms with Crippen LogP contribution in [0, 0.1) is 5.92 Å². The van der Waals surface area contributed by atoms with Crippen LogP contribution < -0.4 is 0 Å². The van der Waals surface area contributed by atoms with Crippen LogP contribution >= 0.6 is 0 Å². The zero-order chi connectivity index (χ0) is 12.1. The fourth-order valence-corrected chi connectivity index (χ4v) is 1.71. The molecule has 2 amide bonds. The summed E-state index contributed by atoms with van der Waals surface area (Å²) in [5.41, 5.74) is 0. The van der Waals surface area contributed by atoms with Gasteiger partial charge in [-0.2, -0.15) is 0 Å². The molecule has 1 aliphatic heterocycles. The number of rotatable bonds is 3. The maximum absolute atomic E-state index is 11.7. The van der Waals surface area contributed by atoms with Gasteiger partial charge in [0.05, 0.1) is 6.61 Å². The van der Waals surface area contributed by atoms with Gasteiger partial charge in [-0.1, -0.05) is 13.8 Å². The molecule has 1 rings (SSSR count). The molecule has 5 nitrogen and oxygen atoms in total. The van der Waals surface area contributed by atoms with Gasteiger partial charge in [-0.3, -0.25) is 9.69 Å². The van der Waals surface area contributed by atoms with E-state index in [0.717, 1.165) is 6.54 Å². The van der Waals surface area contributed by atoms with Crippen LogP contribution in [0.15, 0.2) is 0 Å². The molecule has 0 aliphatic carbocycles. The summed E-state index contributed by atoms with van der Waals surface area (Å²) >= 11 is 0. The van der Waals surface area contributed by atoms with Crippen LogP contribution in [0.5, 0.6) is 0 Å². The fraction of sp³-hybridized carbons (Fsp3) is 0.818. The van der Waals surface area contributed by atoms with Gasteiger partial charge in [-0.05, 0) is 12.8 Å². The number of carbonyl (C=O) groups excluding carboxylic acids is 2. The SMILES string of the molecule is CCOC(=O)N1CCN(CC(C)C)C(=O)C1. The van der Waals surface area contributed by atoms with Gasteiger partial charge >= 0.3 is 6.09 Å². The van der Waals surface area contributed by atoms with Crippen molar-refractivity contribution in [2.24, 2.45) is 5.92 Å². The Labute approximate surface area is 96.3 Å². The van der Waals surface area contributed by atoms with Crippen molar-refractivity contribution in [1.82, 2.24) is 9.80 Å². The predicted molar refractivity (Wildman–Crippen MR) is 60.0 cm³/mol. The van der Waals surface area contributed by atoms with E-state index in [-0.39, 0.29) is 18.5 Å². The Morgan fingerprint density at radius 1 is 1.44 bits per heavy atom. The predicted octanol–water partition coefficient (Wildman–Crippen LogP) is 0.943. The van der Waals surface area contributed by atoms with Crippen molar-refractivity contribution in [1.29, 1.82) is 0 Å². The summed E-state index contributed by atoms with van der Waals surface area (Å²) in [6.45, 7) is 8.33. The molecule has 0 saturated carbocycles. The van der Waals surface area contributed by atoms with Gasteiger partial charge in [-0.15, -0.1) is 0 Å². The van der Waals surface area contributed by atoms with Crippen LogP contribution in [-0.2, 0) is 9.53 Å². The molecule has 0 aromatic rings. The van der Waals surface area contributed by atoms with Crippen molar-refractivity contribution in [3.05, 3.63) is 0 Å². The molecule has 0 N–H and O–H groups in total. The average Bonchev–Trinajstić information content (AvgIpc) is 2.20. The third-order valence-corrected chi connectivity index (χ3v) is 2.43. The van der Waals surface area contributed by atoms with Gasteiger partial charge in [0.2, 0.25) is 5.91 Å². The number of carbonyl (C=O) groups is 2. The zero-order valence-electron chi connectivity index (χ0n) is 10.2. The van der Waals surface area contributed by atoms with Crippen molar-refractivity contribution in [3.8, 4) is 0 Å². The summed E-state index contributed by atoms with van der Waals surface area (Å²) in [6.07, 6.45) is -0.389. The fourth-order valence-electron chi connectivity index (χ4n) is 1.71. The van der Waals surface area contributed by atoms with E-state index < -0.39 is 0 Å². The summed E-state index contributed by atoms with van der Waals surface area (Å²) in [4.78, 5) is 26.4. The molecule has 1 fully saturated rings. The second-order valence-electron chi connectivity index (χ2n) is 4.35. The highest BCUT2D eigenvalue weighted by molar-refractivity contribution is 5.83. The minimum atomic E-state index is -0.389. The first-order chi connectivity index (χ1) is 7.54. The number of piperazine rings is 1. The number of hydrogen-bond acceptors (Lipinski definition) is 3. The summed E-state index contributed by atoms with van der Waals surface area (Å²) < 4.78 is 4.86. The molecule has 92 valence electrons. The zero-order valence-corrected chi connectivity index (χ0v) is 10.2. The quantitative estimate of drug-likeness (QED) is 0.722. The lowest BCUT2D eigenvalue weighted by Gasteiger charge is -2.34. The van der Waals surface area contributed by atoms with E-state index in [1.165, 1.54) is 4.90 Å². The van der Waals surface area contributed by atoms with Crippen LogP contribution in [0.3, 0.4) is 0 Å². The largest absolute Gasteiger partial charge is 0.450 e. The topological polar surface area (TPSA) is 49.9 Å². The van der Waals surface area contributed by atoms with Crippen molar-refractivity contribution < 1.29 is 14.3 Å². The first-order valence-electron chi connectivity index (χ1n) is 5.74. The molecule has 0 atom stereocenters. The molecular weight excluding hydrogens is 208 g/mol. The standard InChI is InChI=1S/C11H20N2O3/c1-4-16-11(15)13-6-5-12(7-9(2)3)10(14)8-13/h9H,4-8H2,1-3H3. The van der Waals surface area contributed by atoms with E-state index >= 15 is 0 Å². The highest BCUT2D eigenvalue weighted by atomic mass is 16.6. The van der Waals surface area contributed by atoms with Crippen LogP contribution in [0.2, 0.25) is 0 Å². The molecular formula is C11H20N2O3. The minimum absolute atomic E-state index is 0.00741. The van der Waals surface area contributed by atoms with Crippen LogP contribution in [0.1, 0.15) is 20.8 Å². The molecule has 5 heteroatoms. The third-order valence-electron chi connectivity index (χ3n) is 2.43. The summed E-state index contributed by atoms with van der Waals surface area (Å²) in [7, 11) is 0. The maximum atomic E-state index is 11.7. The Balaban J connectivity index is 2.45. The maximum Gasteiger partial charge on any atom is 0.410 e. The number of ether oxygens (including phenoxy) is 1. The normalized spacial score (nSPS) is 16.9. The lowest BCUT2D eigenvalue weighted by molar-refractivity contribution is -0.135. The highest BCUT2D eigenvalue weighted by Crippen LogP contribution is 2.07. The van der Waals surface area contributed by atoms with E-state index in [0.29, 0.717) is 25.6 Å². The Kier molecular flexibility index (Phi) is 4.58. The Bertz CT molecular complexity index is 266. The van der Waals surface area contributed by atoms with Gasteiger partial charge < -0.3 is 9.64 Å². The molecule has 1 aliphatic rings. The average molecular weight is 228 g/mol. The molecule has 1 saturated heterocycles. The van der Waals surface area contributed by atoms with Gasteiger partial charge in [0, 0.05) is 19.6 Å². The van der Waals surface area contributed by atoms with Crippen LogP contribution in [0.25, 0.3) is 0 Å². The second-order valence-corrected chi connectivity index (χ2v) is 4.35. The Morgan fingerprint density at radius 2 is 2.12 bits per heavy atom. The van der Waals surface area contributed by atoms with Gasteiger partial charge in [0.15, 0.2) is 0 Å².